The molecule has 0 aliphatic rings. The smallest absolute Gasteiger partial charge is 0.408 e. The predicted molar refractivity (Wildman–Crippen MR) is 101 cm³/mol. The zero-order chi connectivity index (χ0) is 19.6. The highest BCUT2D eigenvalue weighted by atomic mass is 16.6. The number of ether oxygens (including phenoxy) is 1. The monoisotopic (exact) mass is 363 g/mol. The van der Waals surface area contributed by atoms with Crippen LogP contribution in [0.1, 0.15) is 39.2 Å². The van der Waals surface area contributed by atoms with E-state index in [1.165, 1.54) is 0 Å². The number of nitrogens with two attached hydrogens (primary N) is 2. The molecule has 1 aromatic rings. The van der Waals surface area contributed by atoms with E-state index < -0.39 is 17.7 Å². The predicted octanol–water partition coefficient (Wildman–Crippen LogP) is 1.25. The number of carbonyl (C=O) groups is 2. The second-order valence-electron chi connectivity index (χ2n) is 6.85. The van der Waals surface area contributed by atoms with Crippen molar-refractivity contribution in [3.8, 4) is 0 Å². The first-order valence-electron chi connectivity index (χ1n) is 8.54. The number of guanidine groups is 1. The van der Waals surface area contributed by atoms with E-state index in [0.29, 0.717) is 25.9 Å². The highest BCUT2D eigenvalue weighted by molar-refractivity contribution is 5.85. The number of rotatable bonds is 8. The molecule has 26 heavy (non-hydrogen) atoms. The Morgan fingerprint density at radius 2 is 1.85 bits per heavy atom. The van der Waals surface area contributed by atoms with Gasteiger partial charge in [0.2, 0.25) is 5.91 Å². The number of hydrogen-bond donors (Lipinski definition) is 4. The van der Waals surface area contributed by atoms with Crippen LogP contribution in [0.5, 0.6) is 0 Å². The van der Waals surface area contributed by atoms with E-state index in [-0.39, 0.29) is 11.9 Å². The lowest BCUT2D eigenvalue weighted by Gasteiger charge is -2.23. The average Bonchev–Trinajstić information content (AvgIpc) is 2.54. The van der Waals surface area contributed by atoms with Crippen molar-refractivity contribution < 1.29 is 14.3 Å². The van der Waals surface area contributed by atoms with Crippen molar-refractivity contribution in [1.29, 1.82) is 0 Å². The van der Waals surface area contributed by atoms with Crippen molar-refractivity contribution in [3.05, 3.63) is 35.9 Å². The van der Waals surface area contributed by atoms with Crippen LogP contribution in [-0.4, -0.2) is 36.1 Å². The maximum atomic E-state index is 12.5. The first-order valence-corrected chi connectivity index (χ1v) is 8.54. The largest absolute Gasteiger partial charge is 0.444 e. The number of alkyl carbamates (subject to hydrolysis) is 1. The molecule has 1 aromatic carbocycles. The summed E-state index contributed by atoms with van der Waals surface area (Å²) in [6, 6.07) is 8.79. The molecule has 0 aromatic heterocycles. The van der Waals surface area contributed by atoms with Gasteiger partial charge in [0.05, 0.1) is 0 Å². The van der Waals surface area contributed by atoms with E-state index in [1.54, 1.807) is 20.8 Å². The van der Waals surface area contributed by atoms with Crippen LogP contribution in [0.15, 0.2) is 35.3 Å². The van der Waals surface area contributed by atoms with Crippen LogP contribution >= 0.6 is 0 Å². The van der Waals surface area contributed by atoms with Gasteiger partial charge in [-0.3, -0.25) is 9.79 Å². The van der Waals surface area contributed by atoms with Crippen LogP contribution in [0.4, 0.5) is 4.79 Å². The number of amides is 2. The lowest BCUT2D eigenvalue weighted by Crippen LogP contribution is -2.48. The lowest BCUT2D eigenvalue weighted by molar-refractivity contribution is -0.123. The minimum absolute atomic E-state index is 0.00446. The maximum Gasteiger partial charge on any atom is 0.408 e. The number of benzene rings is 1. The van der Waals surface area contributed by atoms with E-state index in [9.17, 15) is 9.59 Å². The Kier molecular flexibility index (Phi) is 8.41. The normalized spacial score (nSPS) is 12.0. The van der Waals surface area contributed by atoms with Crippen molar-refractivity contribution in [1.82, 2.24) is 10.6 Å². The third-order valence-electron chi connectivity index (χ3n) is 3.26. The molecule has 0 spiro atoms. The molecule has 1 atom stereocenters. The second kappa shape index (κ2) is 10.3. The topological polar surface area (TPSA) is 132 Å². The first-order chi connectivity index (χ1) is 12.2. The van der Waals surface area contributed by atoms with E-state index in [2.05, 4.69) is 15.6 Å². The summed E-state index contributed by atoms with van der Waals surface area (Å²) in [6.45, 7) is 6.03. The van der Waals surface area contributed by atoms with E-state index >= 15 is 0 Å². The molecule has 1 unspecified atom stereocenters. The molecule has 0 aliphatic carbocycles. The van der Waals surface area contributed by atoms with E-state index in [1.807, 2.05) is 30.3 Å². The van der Waals surface area contributed by atoms with Gasteiger partial charge in [0.1, 0.15) is 11.6 Å². The van der Waals surface area contributed by atoms with Crippen molar-refractivity contribution in [3.63, 3.8) is 0 Å². The molecule has 8 nitrogen and oxygen atoms in total. The molecule has 1 rings (SSSR count). The van der Waals surface area contributed by atoms with Gasteiger partial charge in [0, 0.05) is 13.1 Å². The fourth-order valence-corrected chi connectivity index (χ4v) is 2.13. The number of aliphatic imine (C=N–C) groups is 1. The SMILES string of the molecule is CC(C)(C)OC(=O)NC(CCCN=C(N)N)C(=O)NCc1ccccc1. The standard InChI is InChI=1S/C18H29N5O3/c1-18(2,3)26-17(25)23-14(10-7-11-21-16(19)20)15(24)22-12-13-8-5-4-6-9-13/h4-6,8-9,14H,7,10-12H2,1-3H3,(H,22,24)(H,23,25)(H4,19,20,21). The minimum atomic E-state index is -0.734. The van der Waals surface area contributed by atoms with Gasteiger partial charge in [-0.15, -0.1) is 0 Å². The summed E-state index contributed by atoms with van der Waals surface area (Å²) < 4.78 is 5.23. The molecule has 2 amide bonds. The van der Waals surface area contributed by atoms with Gasteiger partial charge in [0.15, 0.2) is 5.96 Å². The van der Waals surface area contributed by atoms with Gasteiger partial charge >= 0.3 is 6.09 Å². The van der Waals surface area contributed by atoms with Gasteiger partial charge in [-0.2, -0.15) is 0 Å². The van der Waals surface area contributed by atoms with Crippen LogP contribution < -0.4 is 22.1 Å². The average molecular weight is 363 g/mol. The highest BCUT2D eigenvalue weighted by Gasteiger charge is 2.23. The maximum absolute atomic E-state index is 12.5. The summed E-state index contributed by atoms with van der Waals surface area (Å²) in [4.78, 5) is 28.4. The highest BCUT2D eigenvalue weighted by Crippen LogP contribution is 2.08. The third kappa shape index (κ3) is 9.51. The Morgan fingerprint density at radius 1 is 1.19 bits per heavy atom. The molecule has 8 heteroatoms. The van der Waals surface area contributed by atoms with E-state index in [4.69, 9.17) is 16.2 Å². The zero-order valence-electron chi connectivity index (χ0n) is 15.6. The number of nitrogens with zero attached hydrogens (tertiary/aromatic N) is 1. The summed E-state index contributed by atoms with van der Waals surface area (Å²) in [5, 5.41) is 5.44. The molecule has 0 saturated carbocycles. The van der Waals surface area contributed by atoms with Crippen molar-refractivity contribution in [2.45, 2.75) is 51.8 Å². The molecular weight excluding hydrogens is 334 g/mol. The van der Waals surface area contributed by atoms with Gasteiger partial charge in [-0.1, -0.05) is 30.3 Å². The number of carbonyl (C=O) groups excluding carboxylic acids is 2. The summed E-state index contributed by atoms with van der Waals surface area (Å²) in [7, 11) is 0. The molecule has 6 N–H and O–H groups in total. The van der Waals surface area contributed by atoms with Crippen molar-refractivity contribution >= 4 is 18.0 Å². The van der Waals surface area contributed by atoms with Crippen LogP contribution in [0.2, 0.25) is 0 Å². The summed E-state index contributed by atoms with van der Waals surface area (Å²) >= 11 is 0. The van der Waals surface area contributed by atoms with Gasteiger partial charge < -0.3 is 26.8 Å². The van der Waals surface area contributed by atoms with Crippen LogP contribution in [0, 0.1) is 0 Å². The Morgan fingerprint density at radius 3 is 2.42 bits per heavy atom. The van der Waals surface area contributed by atoms with Crippen molar-refractivity contribution in [2.75, 3.05) is 6.54 Å². The molecule has 0 aliphatic heterocycles. The van der Waals surface area contributed by atoms with Crippen LogP contribution in [-0.2, 0) is 16.1 Å². The molecule has 0 saturated heterocycles. The molecule has 0 bridgehead atoms. The molecule has 0 radical (unpaired) electrons. The fraction of sp³-hybridized carbons (Fsp3) is 0.500. The van der Waals surface area contributed by atoms with Crippen LogP contribution in [0.3, 0.4) is 0 Å². The summed E-state index contributed by atoms with van der Waals surface area (Å²) in [6.07, 6.45) is 0.285. The molecular formula is C18H29N5O3. The van der Waals surface area contributed by atoms with E-state index in [0.717, 1.165) is 5.56 Å². The number of hydrogen-bond acceptors (Lipinski definition) is 4. The molecule has 144 valence electrons. The Hall–Kier alpha value is -2.77. The van der Waals surface area contributed by atoms with Gasteiger partial charge in [0.25, 0.3) is 0 Å². The van der Waals surface area contributed by atoms with Gasteiger partial charge in [-0.05, 0) is 39.2 Å². The Labute approximate surface area is 154 Å². The summed E-state index contributed by atoms with van der Waals surface area (Å²) in [5.74, 6) is -0.292. The summed E-state index contributed by atoms with van der Waals surface area (Å²) in [5.41, 5.74) is 10.9. The van der Waals surface area contributed by atoms with Gasteiger partial charge in [-0.25, -0.2) is 4.79 Å². The fourth-order valence-electron chi connectivity index (χ4n) is 2.13. The van der Waals surface area contributed by atoms with Crippen molar-refractivity contribution in [2.24, 2.45) is 16.5 Å². The minimum Gasteiger partial charge on any atom is -0.444 e. The molecule has 0 heterocycles. The number of nitrogens with one attached hydrogen (secondary N) is 2. The van der Waals surface area contributed by atoms with Crippen LogP contribution in [0.25, 0.3) is 0 Å². The Balaban J connectivity index is 2.63. The molecule has 0 fully saturated rings. The Bertz CT molecular complexity index is 607. The lowest BCUT2D eigenvalue weighted by atomic mass is 10.1. The quantitative estimate of drug-likeness (QED) is 0.313. The first kappa shape index (κ1) is 21.3. The zero-order valence-corrected chi connectivity index (χ0v) is 15.6. The second-order valence-corrected chi connectivity index (χ2v) is 6.85. The third-order valence-corrected chi connectivity index (χ3v) is 3.26.